The third-order valence-corrected chi connectivity index (χ3v) is 5.95. The highest BCUT2D eigenvalue weighted by Gasteiger charge is 2.33. The number of phenols is 1. The summed E-state index contributed by atoms with van der Waals surface area (Å²) in [6.45, 7) is 2.08. The second kappa shape index (κ2) is 5.26. The zero-order chi connectivity index (χ0) is 15.3. The maximum atomic E-state index is 10.1. The molecule has 22 heavy (non-hydrogen) atoms. The van der Waals surface area contributed by atoms with E-state index < -0.39 is 0 Å². The Balaban J connectivity index is 1.74. The fourth-order valence-corrected chi connectivity index (χ4v) is 4.75. The molecular weight excluding hydrogens is 298 g/mol. The predicted octanol–water partition coefficient (Wildman–Crippen LogP) is 2.61. The molecule has 0 saturated heterocycles. The van der Waals surface area contributed by atoms with E-state index in [0.29, 0.717) is 11.8 Å². The van der Waals surface area contributed by atoms with E-state index in [1.807, 2.05) is 12.1 Å². The molecule has 5 heteroatoms. The molecule has 3 heterocycles. The topological polar surface area (TPSA) is 52.9 Å². The van der Waals surface area contributed by atoms with Crippen molar-refractivity contribution in [3.8, 4) is 11.5 Å². The molecule has 0 bridgehead atoms. The average Bonchev–Trinajstić information content (AvgIpc) is 2.94. The van der Waals surface area contributed by atoms with Gasteiger partial charge in [-0.1, -0.05) is 0 Å². The van der Waals surface area contributed by atoms with Gasteiger partial charge in [-0.2, -0.15) is 0 Å². The molecule has 1 atom stereocenters. The number of ether oxygens (including phenoxy) is 1. The first-order chi connectivity index (χ1) is 10.7. The summed E-state index contributed by atoms with van der Waals surface area (Å²) < 4.78 is 5.23. The normalized spacial score (nSPS) is 20.2. The first-order valence-corrected chi connectivity index (χ1v) is 8.36. The number of rotatable bonds is 2. The number of phenolic OH excluding ortho intramolecular Hbond substituents is 1. The lowest BCUT2D eigenvalue weighted by Gasteiger charge is -2.40. The maximum absolute atomic E-state index is 10.1. The number of hydrogen-bond acceptors (Lipinski definition) is 5. The Morgan fingerprint density at radius 3 is 2.95 bits per heavy atom. The van der Waals surface area contributed by atoms with E-state index >= 15 is 0 Å². The molecule has 4 nitrogen and oxygen atoms in total. The molecule has 1 aromatic carbocycles. The molecule has 0 radical (unpaired) electrons. The molecule has 116 valence electrons. The Bertz CT molecular complexity index is 725. The van der Waals surface area contributed by atoms with Crippen LogP contribution in [0.25, 0.3) is 0 Å². The van der Waals surface area contributed by atoms with Crippen LogP contribution in [0.1, 0.15) is 32.5 Å². The number of fused-ring (bicyclic) bond motifs is 4. The third-order valence-electron chi connectivity index (χ3n) is 4.76. The maximum Gasteiger partial charge on any atom is 0.160 e. The minimum absolute atomic E-state index is 0.122. The van der Waals surface area contributed by atoms with Crippen molar-refractivity contribution in [3.63, 3.8) is 0 Å². The fourth-order valence-electron chi connectivity index (χ4n) is 3.67. The van der Waals surface area contributed by atoms with Gasteiger partial charge in [-0.3, -0.25) is 4.90 Å². The summed E-state index contributed by atoms with van der Waals surface area (Å²) in [6.07, 6.45) is 1.94. The van der Waals surface area contributed by atoms with E-state index in [-0.39, 0.29) is 12.4 Å². The molecule has 4 rings (SSSR count). The lowest BCUT2D eigenvalue weighted by molar-refractivity contribution is 0.162. The van der Waals surface area contributed by atoms with Crippen molar-refractivity contribution >= 4 is 11.3 Å². The number of nitrogens with zero attached hydrogens (tertiary/aromatic N) is 1. The molecule has 1 aromatic heterocycles. The summed E-state index contributed by atoms with van der Waals surface area (Å²) in [4.78, 5) is 4.89. The molecule has 2 aliphatic rings. The lowest BCUT2D eigenvalue weighted by atomic mass is 9.86. The van der Waals surface area contributed by atoms with Gasteiger partial charge in [0.1, 0.15) is 0 Å². The number of aromatic hydroxyl groups is 1. The number of hydrogen-bond donors (Lipinski definition) is 2. The molecule has 0 spiro atoms. The van der Waals surface area contributed by atoms with Crippen LogP contribution in [0.15, 0.2) is 18.2 Å². The standard InChI is InChI=1S/C17H19NO3S/c1-21-16-5-10-2-3-18-8-11-4-12(9-19)22-17(11)7-14(18)13(10)6-15(16)20/h4-6,14,19-20H,2-3,7-9H2,1H3. The first kappa shape index (κ1) is 14.1. The van der Waals surface area contributed by atoms with Crippen LogP contribution in [-0.2, 0) is 26.0 Å². The Morgan fingerprint density at radius 1 is 1.32 bits per heavy atom. The molecule has 2 aromatic rings. The van der Waals surface area contributed by atoms with E-state index in [0.717, 1.165) is 30.8 Å². The zero-order valence-electron chi connectivity index (χ0n) is 12.5. The molecule has 0 amide bonds. The summed E-state index contributed by atoms with van der Waals surface area (Å²) >= 11 is 1.71. The summed E-state index contributed by atoms with van der Waals surface area (Å²) in [5.74, 6) is 0.776. The van der Waals surface area contributed by atoms with Crippen LogP contribution in [0.3, 0.4) is 0 Å². The second-order valence-electron chi connectivity index (χ2n) is 5.98. The van der Waals surface area contributed by atoms with Gasteiger partial charge in [0.25, 0.3) is 0 Å². The van der Waals surface area contributed by atoms with Crippen LogP contribution in [0.5, 0.6) is 11.5 Å². The van der Waals surface area contributed by atoms with Crippen molar-refractivity contribution in [3.05, 3.63) is 44.6 Å². The van der Waals surface area contributed by atoms with Crippen molar-refractivity contribution in [2.75, 3.05) is 13.7 Å². The summed E-state index contributed by atoms with van der Waals surface area (Å²) in [5, 5.41) is 19.5. The van der Waals surface area contributed by atoms with Gasteiger partial charge in [-0.05, 0) is 41.3 Å². The number of aliphatic hydroxyl groups is 1. The summed E-state index contributed by atoms with van der Waals surface area (Å²) in [5.41, 5.74) is 3.85. The van der Waals surface area contributed by atoms with Gasteiger partial charge in [-0.25, -0.2) is 0 Å². The van der Waals surface area contributed by atoms with E-state index in [4.69, 9.17) is 4.74 Å². The van der Waals surface area contributed by atoms with Gasteiger partial charge >= 0.3 is 0 Å². The first-order valence-electron chi connectivity index (χ1n) is 7.54. The molecule has 2 N–H and O–H groups in total. The lowest BCUT2D eigenvalue weighted by Crippen LogP contribution is -2.38. The number of thiophene rings is 1. The van der Waals surface area contributed by atoms with E-state index in [9.17, 15) is 10.2 Å². The number of methoxy groups -OCH3 is 1. The van der Waals surface area contributed by atoms with Crippen LogP contribution < -0.4 is 4.74 Å². The highest BCUT2D eigenvalue weighted by molar-refractivity contribution is 7.12. The quantitative estimate of drug-likeness (QED) is 0.894. The van der Waals surface area contributed by atoms with Crippen molar-refractivity contribution in [1.82, 2.24) is 4.90 Å². The number of aliphatic hydroxyl groups excluding tert-OH is 1. The van der Waals surface area contributed by atoms with E-state index in [1.54, 1.807) is 18.4 Å². The van der Waals surface area contributed by atoms with E-state index in [1.165, 1.54) is 21.6 Å². The van der Waals surface area contributed by atoms with Gasteiger partial charge in [0, 0.05) is 35.3 Å². The van der Waals surface area contributed by atoms with Gasteiger partial charge in [0.2, 0.25) is 0 Å². The van der Waals surface area contributed by atoms with Crippen molar-refractivity contribution in [2.24, 2.45) is 0 Å². The monoisotopic (exact) mass is 317 g/mol. The molecular formula is C17H19NO3S. The molecule has 1 unspecified atom stereocenters. The SMILES string of the molecule is COc1cc2c(cc1O)C1Cc3sc(CO)cc3CN1CC2. The highest BCUT2D eigenvalue weighted by atomic mass is 32.1. The Hall–Kier alpha value is -1.56. The van der Waals surface area contributed by atoms with Gasteiger partial charge in [0.15, 0.2) is 11.5 Å². The molecule has 2 aliphatic heterocycles. The molecule has 0 aliphatic carbocycles. The molecule has 0 fully saturated rings. The fraction of sp³-hybridized carbons (Fsp3) is 0.412. The second-order valence-corrected chi connectivity index (χ2v) is 7.20. The largest absolute Gasteiger partial charge is 0.504 e. The summed E-state index contributed by atoms with van der Waals surface area (Å²) in [7, 11) is 1.59. The van der Waals surface area contributed by atoms with Crippen molar-refractivity contribution < 1.29 is 14.9 Å². The van der Waals surface area contributed by atoms with Crippen LogP contribution in [0, 0.1) is 0 Å². The van der Waals surface area contributed by atoms with Crippen LogP contribution in [-0.4, -0.2) is 28.8 Å². The third kappa shape index (κ3) is 2.12. The zero-order valence-corrected chi connectivity index (χ0v) is 13.3. The van der Waals surface area contributed by atoms with Crippen molar-refractivity contribution in [2.45, 2.75) is 32.0 Å². The average molecular weight is 317 g/mol. The predicted molar refractivity (Wildman–Crippen MR) is 85.5 cm³/mol. The minimum atomic E-state index is 0.122. The van der Waals surface area contributed by atoms with E-state index in [2.05, 4.69) is 11.0 Å². The smallest absolute Gasteiger partial charge is 0.160 e. The Labute approximate surface area is 133 Å². The van der Waals surface area contributed by atoms with Crippen LogP contribution in [0.4, 0.5) is 0 Å². The van der Waals surface area contributed by atoms with Gasteiger partial charge < -0.3 is 14.9 Å². The summed E-state index contributed by atoms with van der Waals surface area (Å²) in [6, 6.07) is 6.30. The molecule has 0 saturated carbocycles. The Kier molecular flexibility index (Phi) is 3.36. The van der Waals surface area contributed by atoms with Crippen LogP contribution >= 0.6 is 11.3 Å². The highest BCUT2D eigenvalue weighted by Crippen LogP contribution is 2.43. The number of benzene rings is 1. The minimum Gasteiger partial charge on any atom is -0.504 e. The van der Waals surface area contributed by atoms with Crippen LogP contribution in [0.2, 0.25) is 0 Å². The van der Waals surface area contributed by atoms with Gasteiger partial charge in [-0.15, -0.1) is 11.3 Å². The van der Waals surface area contributed by atoms with Crippen molar-refractivity contribution in [1.29, 1.82) is 0 Å². The van der Waals surface area contributed by atoms with Gasteiger partial charge in [0.05, 0.1) is 13.7 Å². The Morgan fingerprint density at radius 2 is 2.18 bits per heavy atom.